The van der Waals surface area contributed by atoms with Gasteiger partial charge in [-0.2, -0.15) is 0 Å². The summed E-state index contributed by atoms with van der Waals surface area (Å²) in [6, 6.07) is 3.95. The molecule has 1 aromatic rings. The molecule has 2 N–H and O–H groups in total. The zero-order valence-corrected chi connectivity index (χ0v) is 19.6. The lowest BCUT2D eigenvalue weighted by atomic mass is 9.90. The van der Waals surface area contributed by atoms with Gasteiger partial charge in [0.25, 0.3) is 0 Å². The molecule has 1 aromatic carbocycles. The number of amides is 1. The number of thiol groups is 1. The van der Waals surface area contributed by atoms with Crippen molar-refractivity contribution in [3.05, 3.63) is 61.7 Å². The van der Waals surface area contributed by atoms with Crippen molar-refractivity contribution in [2.45, 2.75) is 12.5 Å². The quantitative estimate of drug-likeness (QED) is 0.167. The van der Waals surface area contributed by atoms with Gasteiger partial charge in [0.05, 0.1) is 17.3 Å². The molecule has 1 saturated heterocycles. The van der Waals surface area contributed by atoms with Gasteiger partial charge in [-0.05, 0) is 24.5 Å². The predicted octanol–water partition coefficient (Wildman–Crippen LogP) is 2.31. The maximum atomic E-state index is 13.1. The molecule has 182 valence electrons. The van der Waals surface area contributed by atoms with Crippen molar-refractivity contribution in [1.82, 2.24) is 5.32 Å². The SMILES string of the molecule is C=CCOC(=O)c1cccc(OCC=C)c1NC(=O)[C@@H]1C[C@@H](C(C(=O)S)C(=O)OCC=C)CN1. The molecule has 0 aliphatic carbocycles. The summed E-state index contributed by atoms with van der Waals surface area (Å²) in [5.74, 6) is -3.22. The number of esters is 2. The van der Waals surface area contributed by atoms with E-state index in [9.17, 15) is 19.2 Å². The second-order valence-corrected chi connectivity index (χ2v) is 7.79. The Bertz CT molecular complexity index is 963. The van der Waals surface area contributed by atoms with Crippen LogP contribution in [0.5, 0.6) is 5.75 Å². The van der Waals surface area contributed by atoms with Crippen LogP contribution in [0.3, 0.4) is 0 Å². The Labute approximate surface area is 203 Å². The van der Waals surface area contributed by atoms with E-state index in [0.717, 1.165) is 0 Å². The molecule has 0 aromatic heterocycles. The lowest BCUT2D eigenvalue weighted by Crippen LogP contribution is -2.36. The molecule has 1 aliphatic heterocycles. The van der Waals surface area contributed by atoms with E-state index in [1.807, 2.05) is 0 Å². The van der Waals surface area contributed by atoms with E-state index in [4.69, 9.17) is 14.2 Å². The number of benzene rings is 1. The van der Waals surface area contributed by atoms with E-state index in [1.165, 1.54) is 24.3 Å². The molecule has 3 atom stereocenters. The van der Waals surface area contributed by atoms with Gasteiger partial charge in [0.15, 0.2) is 5.12 Å². The molecule has 0 radical (unpaired) electrons. The molecule has 0 bridgehead atoms. The van der Waals surface area contributed by atoms with Gasteiger partial charge in [-0.25, -0.2) is 4.79 Å². The van der Waals surface area contributed by atoms with Crippen LogP contribution in [0.15, 0.2) is 56.2 Å². The van der Waals surface area contributed by atoms with E-state index in [1.54, 1.807) is 12.1 Å². The normalized spacial score (nSPS) is 17.7. The lowest BCUT2D eigenvalue weighted by Gasteiger charge is -2.19. The minimum absolute atomic E-state index is 0.00305. The standard InChI is InChI=1S/C24H28N2O7S/c1-4-10-31-18-9-7-8-16(22(28)32-11-5-2)20(18)26-21(27)17-13-15(14-25-17)19(24(30)34)23(29)33-12-6-3/h4-9,15,17,19,25H,1-3,10-14H2,(H,26,27)(H,30,34)/t15-,17+,19?/m1/s1. The Kier molecular flexibility index (Phi) is 10.6. The van der Waals surface area contributed by atoms with Crippen molar-refractivity contribution in [1.29, 1.82) is 0 Å². The van der Waals surface area contributed by atoms with Crippen molar-refractivity contribution in [3.8, 4) is 5.75 Å². The average molecular weight is 489 g/mol. The number of nitrogens with one attached hydrogen (secondary N) is 2. The van der Waals surface area contributed by atoms with Crippen molar-refractivity contribution in [2.75, 3.05) is 31.7 Å². The highest BCUT2D eigenvalue weighted by Gasteiger charge is 2.41. The number of carbonyl (C=O) groups excluding carboxylic acids is 4. The molecule has 0 saturated carbocycles. The lowest BCUT2D eigenvalue weighted by molar-refractivity contribution is -0.151. The van der Waals surface area contributed by atoms with E-state index in [0.29, 0.717) is 0 Å². The topological polar surface area (TPSA) is 120 Å². The second kappa shape index (κ2) is 13.4. The number of ether oxygens (including phenoxy) is 3. The first-order valence-electron chi connectivity index (χ1n) is 10.5. The number of hydrogen-bond acceptors (Lipinski definition) is 8. The largest absolute Gasteiger partial charge is 0.487 e. The number of rotatable bonds is 13. The van der Waals surface area contributed by atoms with Crippen molar-refractivity contribution in [2.24, 2.45) is 11.8 Å². The fourth-order valence-electron chi connectivity index (χ4n) is 3.46. The van der Waals surface area contributed by atoms with Gasteiger partial charge >= 0.3 is 11.9 Å². The maximum Gasteiger partial charge on any atom is 0.340 e. The third-order valence-electron chi connectivity index (χ3n) is 5.00. The highest BCUT2D eigenvalue weighted by molar-refractivity contribution is 7.96. The van der Waals surface area contributed by atoms with Crippen LogP contribution in [0.1, 0.15) is 16.8 Å². The molecule has 1 aliphatic rings. The molecule has 9 nitrogen and oxygen atoms in total. The second-order valence-electron chi connectivity index (χ2n) is 7.35. The van der Waals surface area contributed by atoms with Crippen molar-refractivity contribution < 1.29 is 33.4 Å². The molecular weight excluding hydrogens is 460 g/mol. The smallest absolute Gasteiger partial charge is 0.340 e. The summed E-state index contributed by atoms with van der Waals surface area (Å²) in [7, 11) is 0. The summed E-state index contributed by atoms with van der Waals surface area (Å²) in [6.45, 7) is 10.9. The molecule has 1 heterocycles. The van der Waals surface area contributed by atoms with Crippen LogP contribution in [0.4, 0.5) is 5.69 Å². The number of para-hydroxylation sites is 1. The first kappa shape index (κ1) is 26.9. The molecule has 34 heavy (non-hydrogen) atoms. The predicted molar refractivity (Wildman–Crippen MR) is 130 cm³/mol. The van der Waals surface area contributed by atoms with Crippen LogP contribution >= 0.6 is 12.6 Å². The molecule has 2 rings (SSSR count). The van der Waals surface area contributed by atoms with Gasteiger partial charge < -0.3 is 24.8 Å². The summed E-state index contributed by atoms with van der Waals surface area (Å²) in [5, 5.41) is 5.08. The van der Waals surface area contributed by atoms with Gasteiger partial charge in [0, 0.05) is 6.54 Å². The first-order chi connectivity index (χ1) is 16.3. The summed E-state index contributed by atoms with van der Waals surface area (Å²) < 4.78 is 15.7. The van der Waals surface area contributed by atoms with Gasteiger partial charge in [0.1, 0.15) is 31.5 Å². The fraction of sp³-hybridized carbons (Fsp3) is 0.333. The third kappa shape index (κ3) is 7.06. The van der Waals surface area contributed by atoms with E-state index in [2.05, 4.69) is 43.0 Å². The van der Waals surface area contributed by atoms with E-state index >= 15 is 0 Å². The molecular formula is C24H28N2O7S. The van der Waals surface area contributed by atoms with Gasteiger partial charge in [-0.15, -0.1) is 12.6 Å². The van der Waals surface area contributed by atoms with E-state index < -0.39 is 40.8 Å². The minimum Gasteiger partial charge on any atom is -0.487 e. The van der Waals surface area contributed by atoms with Crippen LogP contribution in [0.2, 0.25) is 0 Å². The Morgan fingerprint density at radius 2 is 1.76 bits per heavy atom. The monoisotopic (exact) mass is 488 g/mol. The highest BCUT2D eigenvalue weighted by atomic mass is 32.1. The van der Waals surface area contributed by atoms with Gasteiger partial charge in [-0.1, -0.05) is 44.0 Å². The van der Waals surface area contributed by atoms with Crippen molar-refractivity contribution >= 4 is 41.3 Å². The molecule has 1 amide bonds. The van der Waals surface area contributed by atoms with Gasteiger partial charge in [-0.3, -0.25) is 14.4 Å². The van der Waals surface area contributed by atoms with Crippen LogP contribution in [0, 0.1) is 11.8 Å². The number of anilines is 1. The summed E-state index contributed by atoms with van der Waals surface area (Å²) in [6.07, 6.45) is 4.52. The van der Waals surface area contributed by atoms with Gasteiger partial charge in [0.2, 0.25) is 5.91 Å². The fourth-order valence-corrected chi connectivity index (χ4v) is 3.78. The summed E-state index contributed by atoms with van der Waals surface area (Å²) in [5.41, 5.74) is 0.239. The summed E-state index contributed by atoms with van der Waals surface area (Å²) >= 11 is 3.82. The van der Waals surface area contributed by atoms with Crippen LogP contribution in [-0.2, 0) is 23.9 Å². The first-order valence-corrected chi connectivity index (χ1v) is 11.0. The maximum absolute atomic E-state index is 13.1. The third-order valence-corrected chi connectivity index (χ3v) is 5.28. The van der Waals surface area contributed by atoms with Crippen LogP contribution in [0.25, 0.3) is 0 Å². The Morgan fingerprint density at radius 3 is 2.41 bits per heavy atom. The van der Waals surface area contributed by atoms with Crippen LogP contribution in [-0.4, -0.2) is 55.4 Å². The van der Waals surface area contributed by atoms with E-state index in [-0.39, 0.29) is 49.8 Å². The Morgan fingerprint density at radius 1 is 1.09 bits per heavy atom. The van der Waals surface area contributed by atoms with Crippen LogP contribution < -0.4 is 15.4 Å². The zero-order chi connectivity index (χ0) is 25.1. The highest BCUT2D eigenvalue weighted by Crippen LogP contribution is 2.31. The average Bonchev–Trinajstić information content (AvgIpc) is 3.29. The van der Waals surface area contributed by atoms with Crippen molar-refractivity contribution in [3.63, 3.8) is 0 Å². The molecule has 1 fully saturated rings. The molecule has 1 unspecified atom stereocenters. The number of carbonyl (C=O) groups is 4. The molecule has 0 spiro atoms. The Hall–Kier alpha value is -3.37. The number of hydrogen-bond donors (Lipinski definition) is 3. The zero-order valence-electron chi connectivity index (χ0n) is 18.7. The minimum atomic E-state index is -1.12. The summed E-state index contributed by atoms with van der Waals surface area (Å²) in [4.78, 5) is 49.9. The Balaban J connectivity index is 2.21. The molecule has 10 heteroatoms.